The van der Waals surface area contributed by atoms with Gasteiger partial charge in [-0.25, -0.2) is 4.79 Å². The zero-order chi connectivity index (χ0) is 17.5. The molecule has 2 aromatic carbocycles. The highest BCUT2D eigenvalue weighted by atomic mass is 16.5. The van der Waals surface area contributed by atoms with Crippen LogP contribution in [0.3, 0.4) is 0 Å². The van der Waals surface area contributed by atoms with E-state index in [2.05, 4.69) is 5.32 Å². The molecule has 0 aliphatic rings. The monoisotopic (exact) mass is 326 g/mol. The highest BCUT2D eigenvalue weighted by Gasteiger charge is 2.21. The van der Waals surface area contributed by atoms with Gasteiger partial charge in [0, 0.05) is 24.5 Å². The molecule has 0 atom stereocenters. The number of carbonyl (C=O) groups is 2. The van der Waals surface area contributed by atoms with Gasteiger partial charge in [0.15, 0.2) is 6.61 Å². The van der Waals surface area contributed by atoms with Crippen LogP contribution in [0.5, 0.6) is 0 Å². The predicted molar refractivity (Wildman–Crippen MR) is 95.3 cm³/mol. The first-order valence-electron chi connectivity index (χ1n) is 7.85. The molecule has 5 heteroatoms. The Morgan fingerprint density at radius 2 is 1.67 bits per heavy atom. The summed E-state index contributed by atoms with van der Waals surface area (Å²) in [5, 5.41) is 2.93. The first kappa shape index (κ1) is 17.5. The number of benzene rings is 2. The summed E-state index contributed by atoms with van der Waals surface area (Å²) in [7, 11) is 1.73. The zero-order valence-electron chi connectivity index (χ0n) is 14.2. The fraction of sp³-hybridized carbons (Fsp3) is 0.263. The molecule has 2 aromatic rings. The van der Waals surface area contributed by atoms with Crippen LogP contribution < -0.4 is 10.2 Å². The Balaban J connectivity index is 2.07. The Labute approximate surface area is 142 Å². The molecule has 1 amide bonds. The Morgan fingerprint density at radius 3 is 2.29 bits per heavy atom. The standard InChI is InChI=1S/C19H22N2O3/c1-14(2)21(15-9-5-4-6-10-15)18(22)13-24-19(23)16-11-7-8-12-17(16)20-3/h4-12,14,20H,13H2,1-3H3. The molecular formula is C19H22N2O3. The number of nitrogens with one attached hydrogen (secondary N) is 1. The Morgan fingerprint density at radius 1 is 1.04 bits per heavy atom. The molecule has 0 aromatic heterocycles. The summed E-state index contributed by atoms with van der Waals surface area (Å²) in [6, 6.07) is 16.3. The summed E-state index contributed by atoms with van der Waals surface area (Å²) in [6.45, 7) is 3.54. The number of nitrogens with zero attached hydrogens (tertiary/aromatic N) is 1. The molecule has 0 bridgehead atoms. The van der Waals surface area contributed by atoms with Crippen molar-refractivity contribution in [3.63, 3.8) is 0 Å². The van der Waals surface area contributed by atoms with Gasteiger partial charge in [-0.1, -0.05) is 30.3 Å². The summed E-state index contributed by atoms with van der Waals surface area (Å²) in [5.74, 6) is -0.781. The van der Waals surface area contributed by atoms with Crippen molar-refractivity contribution < 1.29 is 14.3 Å². The molecule has 0 saturated heterocycles. The third-order valence-corrected chi connectivity index (χ3v) is 3.56. The van der Waals surface area contributed by atoms with E-state index in [0.717, 1.165) is 5.69 Å². The van der Waals surface area contributed by atoms with Crippen LogP contribution in [0.1, 0.15) is 24.2 Å². The molecule has 0 fully saturated rings. The van der Waals surface area contributed by atoms with E-state index in [1.807, 2.05) is 50.2 Å². The highest BCUT2D eigenvalue weighted by molar-refractivity contribution is 5.99. The second kappa shape index (κ2) is 8.15. The van der Waals surface area contributed by atoms with E-state index in [4.69, 9.17) is 4.74 Å². The number of rotatable bonds is 6. The Bertz CT molecular complexity index is 699. The molecule has 1 N–H and O–H groups in total. The molecule has 24 heavy (non-hydrogen) atoms. The Kier molecular flexibility index (Phi) is 5.95. The average molecular weight is 326 g/mol. The van der Waals surface area contributed by atoms with E-state index in [-0.39, 0.29) is 18.6 Å². The van der Waals surface area contributed by atoms with Gasteiger partial charge in [-0.3, -0.25) is 4.79 Å². The van der Waals surface area contributed by atoms with Crippen molar-refractivity contribution in [3.05, 3.63) is 60.2 Å². The lowest BCUT2D eigenvalue weighted by Gasteiger charge is -2.26. The van der Waals surface area contributed by atoms with Crippen molar-refractivity contribution in [1.82, 2.24) is 0 Å². The fourth-order valence-corrected chi connectivity index (χ4v) is 2.47. The topological polar surface area (TPSA) is 58.6 Å². The SMILES string of the molecule is CNc1ccccc1C(=O)OCC(=O)N(c1ccccc1)C(C)C. The van der Waals surface area contributed by atoms with Gasteiger partial charge >= 0.3 is 5.97 Å². The predicted octanol–water partition coefficient (Wildman–Crippen LogP) is 3.33. The van der Waals surface area contributed by atoms with E-state index in [0.29, 0.717) is 11.3 Å². The highest BCUT2D eigenvalue weighted by Crippen LogP contribution is 2.18. The molecule has 5 nitrogen and oxygen atoms in total. The quantitative estimate of drug-likeness (QED) is 0.827. The lowest BCUT2D eigenvalue weighted by atomic mass is 10.2. The number of para-hydroxylation sites is 2. The Hall–Kier alpha value is -2.82. The lowest BCUT2D eigenvalue weighted by molar-refractivity contribution is -0.122. The van der Waals surface area contributed by atoms with Crippen LogP contribution >= 0.6 is 0 Å². The van der Waals surface area contributed by atoms with Gasteiger partial charge in [-0.15, -0.1) is 0 Å². The molecule has 0 heterocycles. The van der Waals surface area contributed by atoms with Gasteiger partial charge in [-0.05, 0) is 38.1 Å². The molecule has 0 aliphatic carbocycles. The van der Waals surface area contributed by atoms with E-state index in [1.54, 1.807) is 30.1 Å². The second-order valence-corrected chi connectivity index (χ2v) is 5.56. The van der Waals surface area contributed by atoms with E-state index >= 15 is 0 Å². The number of hydrogen-bond acceptors (Lipinski definition) is 4. The van der Waals surface area contributed by atoms with Crippen LogP contribution in [-0.2, 0) is 9.53 Å². The van der Waals surface area contributed by atoms with Crippen molar-refractivity contribution in [2.24, 2.45) is 0 Å². The maximum absolute atomic E-state index is 12.5. The molecule has 0 radical (unpaired) electrons. The number of esters is 1. The van der Waals surface area contributed by atoms with Crippen LogP contribution in [0.25, 0.3) is 0 Å². The average Bonchev–Trinajstić information content (AvgIpc) is 2.60. The largest absolute Gasteiger partial charge is 0.452 e. The molecular weight excluding hydrogens is 304 g/mol. The second-order valence-electron chi connectivity index (χ2n) is 5.56. The van der Waals surface area contributed by atoms with Gasteiger partial charge < -0.3 is 15.0 Å². The van der Waals surface area contributed by atoms with Crippen molar-refractivity contribution in [3.8, 4) is 0 Å². The number of carbonyl (C=O) groups excluding carboxylic acids is 2. The summed E-state index contributed by atoms with van der Waals surface area (Å²) in [4.78, 5) is 26.4. The fourth-order valence-electron chi connectivity index (χ4n) is 2.47. The third-order valence-electron chi connectivity index (χ3n) is 3.56. The van der Waals surface area contributed by atoms with Crippen molar-refractivity contribution in [2.75, 3.05) is 23.9 Å². The first-order valence-corrected chi connectivity index (χ1v) is 7.85. The van der Waals surface area contributed by atoms with Gasteiger partial charge in [0.1, 0.15) is 0 Å². The van der Waals surface area contributed by atoms with E-state index in [1.165, 1.54) is 0 Å². The minimum atomic E-state index is -0.523. The van der Waals surface area contributed by atoms with Gasteiger partial charge in [0.25, 0.3) is 5.91 Å². The maximum Gasteiger partial charge on any atom is 0.340 e. The normalized spacial score (nSPS) is 10.3. The van der Waals surface area contributed by atoms with Crippen LogP contribution in [0, 0.1) is 0 Å². The van der Waals surface area contributed by atoms with Gasteiger partial charge in [0.2, 0.25) is 0 Å². The van der Waals surface area contributed by atoms with Crippen LogP contribution in [0.2, 0.25) is 0 Å². The molecule has 126 valence electrons. The van der Waals surface area contributed by atoms with Gasteiger partial charge in [0.05, 0.1) is 5.56 Å². The summed E-state index contributed by atoms with van der Waals surface area (Å²) >= 11 is 0. The minimum Gasteiger partial charge on any atom is -0.452 e. The molecule has 2 rings (SSSR count). The van der Waals surface area contributed by atoms with Crippen molar-refractivity contribution >= 4 is 23.3 Å². The minimum absolute atomic E-state index is 0.0387. The maximum atomic E-state index is 12.5. The lowest BCUT2D eigenvalue weighted by Crippen LogP contribution is -2.39. The summed E-state index contributed by atoms with van der Waals surface area (Å²) in [5.41, 5.74) is 1.85. The zero-order valence-corrected chi connectivity index (χ0v) is 14.2. The van der Waals surface area contributed by atoms with E-state index < -0.39 is 5.97 Å². The molecule has 0 unspecified atom stereocenters. The van der Waals surface area contributed by atoms with Crippen LogP contribution in [0.15, 0.2) is 54.6 Å². The van der Waals surface area contributed by atoms with Crippen LogP contribution in [-0.4, -0.2) is 31.6 Å². The number of ether oxygens (including phenoxy) is 1. The van der Waals surface area contributed by atoms with Crippen molar-refractivity contribution in [2.45, 2.75) is 19.9 Å². The molecule has 0 saturated carbocycles. The molecule has 0 aliphatic heterocycles. The van der Waals surface area contributed by atoms with Gasteiger partial charge in [-0.2, -0.15) is 0 Å². The summed E-state index contributed by atoms with van der Waals surface area (Å²) < 4.78 is 5.21. The van der Waals surface area contributed by atoms with E-state index in [9.17, 15) is 9.59 Å². The summed E-state index contributed by atoms with van der Waals surface area (Å²) in [6.07, 6.45) is 0. The number of hydrogen-bond donors (Lipinski definition) is 1. The molecule has 0 spiro atoms. The van der Waals surface area contributed by atoms with Crippen LogP contribution in [0.4, 0.5) is 11.4 Å². The van der Waals surface area contributed by atoms with Crippen molar-refractivity contribution in [1.29, 1.82) is 0 Å². The number of amides is 1. The number of anilines is 2. The third kappa shape index (κ3) is 4.13. The smallest absolute Gasteiger partial charge is 0.340 e. The first-order chi connectivity index (χ1) is 11.5.